The Kier molecular flexibility index (Phi) is 5.26. The van der Waals surface area contributed by atoms with E-state index in [0.717, 1.165) is 18.0 Å². The maximum Gasteiger partial charge on any atom is 0.332 e. The third kappa shape index (κ3) is 3.47. The third-order valence-electron chi connectivity index (χ3n) is 5.38. The van der Waals surface area contributed by atoms with Crippen LogP contribution in [0.3, 0.4) is 0 Å². The van der Waals surface area contributed by atoms with Gasteiger partial charge in [0.05, 0.1) is 16.7 Å². The van der Waals surface area contributed by atoms with Crippen molar-refractivity contribution in [3.05, 3.63) is 75.8 Å². The molecule has 2 aliphatic heterocycles. The molecule has 3 atom stereocenters. The summed E-state index contributed by atoms with van der Waals surface area (Å²) in [6.45, 7) is -0.209. The van der Waals surface area contributed by atoms with Crippen LogP contribution in [-0.4, -0.2) is 47.8 Å². The van der Waals surface area contributed by atoms with Gasteiger partial charge in [-0.05, 0) is 23.3 Å². The molecular weight excluding hydrogens is 444 g/mol. The molecule has 1 amide bonds. The van der Waals surface area contributed by atoms with E-state index >= 15 is 0 Å². The van der Waals surface area contributed by atoms with Crippen LogP contribution < -0.4 is 0 Å². The van der Waals surface area contributed by atoms with Crippen LogP contribution in [0.15, 0.2) is 54.6 Å². The first-order valence-corrected chi connectivity index (χ1v) is 12.1. The van der Waals surface area contributed by atoms with E-state index < -0.39 is 36.2 Å². The summed E-state index contributed by atoms with van der Waals surface area (Å²) in [5.41, 5.74) is 0.805. The van der Waals surface area contributed by atoms with Crippen molar-refractivity contribution in [2.24, 2.45) is 0 Å². The number of β-lactam (4-membered cyclic amide) rings is 1. The summed E-state index contributed by atoms with van der Waals surface area (Å²) in [5.74, 6) is -1.15. The van der Waals surface area contributed by atoms with E-state index in [1.807, 2.05) is 0 Å². The quantitative estimate of drug-likeness (QED) is 0.277. The van der Waals surface area contributed by atoms with E-state index in [-0.39, 0.29) is 24.6 Å². The fourth-order valence-electron chi connectivity index (χ4n) is 3.88. The van der Waals surface area contributed by atoms with E-state index in [9.17, 15) is 28.1 Å². The maximum absolute atomic E-state index is 13.2. The average molecular weight is 463 g/mol. The Bertz CT molecular complexity index is 1150. The minimum absolute atomic E-state index is 0.101. The van der Waals surface area contributed by atoms with Crippen molar-refractivity contribution < 1.29 is 27.7 Å². The van der Waals surface area contributed by atoms with Crippen LogP contribution in [0.5, 0.6) is 0 Å². The van der Waals surface area contributed by atoms with E-state index in [1.54, 1.807) is 30.3 Å². The number of fused-ring (bicyclic) bond motifs is 1. The van der Waals surface area contributed by atoms with Crippen LogP contribution in [0, 0.1) is 10.1 Å². The number of nitrogens with zero attached hydrogens (tertiary/aromatic N) is 2. The first-order chi connectivity index (χ1) is 14.6. The zero-order valence-electron chi connectivity index (χ0n) is 16.3. The first kappa shape index (κ1) is 21.3. The molecule has 2 saturated heterocycles. The summed E-state index contributed by atoms with van der Waals surface area (Å²) < 4.78 is 29.8. The van der Waals surface area contributed by atoms with Gasteiger partial charge in [-0.3, -0.25) is 14.9 Å². The number of hydrogen-bond acceptors (Lipinski definition) is 8. The lowest BCUT2D eigenvalue weighted by molar-refractivity contribution is -0.384. The molecule has 0 N–H and O–H groups in total. The Morgan fingerprint density at radius 3 is 2.42 bits per heavy atom. The smallest absolute Gasteiger partial charge is 0.332 e. The van der Waals surface area contributed by atoms with Crippen LogP contribution in [0.2, 0.25) is 0 Å². The zero-order chi connectivity index (χ0) is 22.4. The molecule has 9 nitrogen and oxygen atoms in total. The molecule has 0 aliphatic carbocycles. The van der Waals surface area contributed by atoms with E-state index in [1.165, 1.54) is 29.2 Å². The van der Waals surface area contributed by atoms with Crippen molar-refractivity contribution >= 4 is 39.2 Å². The summed E-state index contributed by atoms with van der Waals surface area (Å²) in [4.78, 5) is 37.0. The second-order valence-corrected chi connectivity index (χ2v) is 11.2. The van der Waals surface area contributed by atoms with Gasteiger partial charge in [-0.2, -0.15) is 0 Å². The van der Waals surface area contributed by atoms with Gasteiger partial charge in [0, 0.05) is 18.4 Å². The van der Waals surface area contributed by atoms with Crippen molar-refractivity contribution in [1.29, 1.82) is 0 Å². The minimum Gasteiger partial charge on any atom is -0.459 e. The second kappa shape index (κ2) is 7.65. The molecular formula is C20H18N2O7S2. The largest absolute Gasteiger partial charge is 0.459 e. The number of carbonyl (C=O) groups excluding carboxylic acids is 2. The number of carbonyl (C=O) groups is 2. The number of ether oxygens (including phenoxy) is 1. The number of thioether (sulfide) groups is 1. The number of nitro benzene ring substituents is 1. The fourth-order valence-corrected chi connectivity index (χ4v) is 7.68. The van der Waals surface area contributed by atoms with Crippen LogP contribution in [0.4, 0.5) is 5.69 Å². The van der Waals surface area contributed by atoms with Gasteiger partial charge in [-0.15, -0.1) is 11.8 Å². The Balaban J connectivity index is 1.67. The highest BCUT2D eigenvalue weighted by Crippen LogP contribution is 2.59. The maximum atomic E-state index is 13.2. The standard InChI is InChI=1S/C20H18N2O7S2/c1-31(27,28)20(14-5-3-2-4-6-14)18(21-16(23)11-17(21)30-20)19(24)29-12-13-7-9-15(10-8-13)22(25)26/h2-10,17-18H,11-12H2,1H3/t17-,18+,20?/m1/s1. The molecule has 11 heteroatoms. The Morgan fingerprint density at radius 2 is 1.87 bits per heavy atom. The predicted octanol–water partition coefficient (Wildman–Crippen LogP) is 2.21. The van der Waals surface area contributed by atoms with Gasteiger partial charge >= 0.3 is 5.97 Å². The fraction of sp³-hybridized carbons (Fsp3) is 0.300. The molecule has 2 aliphatic rings. The van der Waals surface area contributed by atoms with Crippen molar-refractivity contribution in [2.45, 2.75) is 28.5 Å². The number of non-ortho nitro benzene ring substituents is 1. The molecule has 2 fully saturated rings. The number of rotatable bonds is 6. The van der Waals surface area contributed by atoms with Gasteiger partial charge in [-0.25, -0.2) is 13.2 Å². The number of hydrogen-bond donors (Lipinski definition) is 0. The summed E-state index contributed by atoms with van der Waals surface area (Å²) in [6.07, 6.45) is 1.21. The van der Waals surface area contributed by atoms with Gasteiger partial charge in [0.25, 0.3) is 5.69 Å². The predicted molar refractivity (Wildman–Crippen MR) is 112 cm³/mol. The molecule has 2 aromatic rings. The first-order valence-electron chi connectivity index (χ1n) is 9.29. The number of sulfone groups is 1. The van der Waals surface area contributed by atoms with Gasteiger partial charge < -0.3 is 9.64 Å². The molecule has 0 bridgehead atoms. The van der Waals surface area contributed by atoms with E-state index in [2.05, 4.69) is 0 Å². The van der Waals surface area contributed by atoms with Crippen LogP contribution in [0.1, 0.15) is 17.5 Å². The number of nitro groups is 1. The summed E-state index contributed by atoms with van der Waals surface area (Å²) in [7, 11) is -3.87. The monoisotopic (exact) mass is 462 g/mol. The molecule has 0 saturated carbocycles. The third-order valence-corrected chi connectivity index (χ3v) is 9.61. The van der Waals surface area contributed by atoms with E-state index in [4.69, 9.17) is 4.74 Å². The average Bonchev–Trinajstić information content (AvgIpc) is 3.03. The Morgan fingerprint density at radius 1 is 1.23 bits per heavy atom. The van der Waals surface area contributed by atoms with Crippen LogP contribution in [-0.2, 0) is 34.8 Å². The van der Waals surface area contributed by atoms with Crippen molar-refractivity contribution in [2.75, 3.05) is 6.26 Å². The summed E-state index contributed by atoms with van der Waals surface area (Å²) in [6, 6.07) is 12.5. The number of benzene rings is 2. The number of esters is 1. The van der Waals surface area contributed by atoms with Crippen molar-refractivity contribution in [3.8, 4) is 0 Å². The molecule has 2 aromatic carbocycles. The van der Waals surface area contributed by atoms with Crippen molar-refractivity contribution in [1.82, 2.24) is 4.90 Å². The second-order valence-electron chi connectivity index (χ2n) is 7.32. The summed E-state index contributed by atoms with van der Waals surface area (Å²) in [5, 5.41) is 10.3. The lowest BCUT2D eigenvalue weighted by Gasteiger charge is -2.38. The highest BCUT2D eigenvalue weighted by atomic mass is 32.3. The van der Waals surface area contributed by atoms with Gasteiger partial charge in [-0.1, -0.05) is 30.3 Å². The highest BCUT2D eigenvalue weighted by Gasteiger charge is 2.68. The number of amides is 1. The lowest BCUT2D eigenvalue weighted by Crippen LogP contribution is -2.58. The zero-order valence-corrected chi connectivity index (χ0v) is 18.0. The molecule has 4 rings (SSSR count). The topological polar surface area (TPSA) is 124 Å². The molecule has 0 radical (unpaired) electrons. The lowest BCUT2D eigenvalue weighted by atomic mass is 10.00. The van der Waals surface area contributed by atoms with Crippen LogP contribution >= 0.6 is 11.8 Å². The van der Waals surface area contributed by atoms with Gasteiger partial charge in [0.15, 0.2) is 20.0 Å². The van der Waals surface area contributed by atoms with Crippen LogP contribution in [0.25, 0.3) is 0 Å². The Labute approximate surface area is 182 Å². The normalized spacial score (nSPS) is 24.9. The minimum atomic E-state index is -3.87. The Hall–Kier alpha value is -2.92. The molecule has 162 valence electrons. The van der Waals surface area contributed by atoms with Gasteiger partial charge in [0.1, 0.15) is 6.61 Å². The molecule has 31 heavy (non-hydrogen) atoms. The van der Waals surface area contributed by atoms with E-state index in [0.29, 0.717) is 11.1 Å². The molecule has 2 heterocycles. The SMILES string of the molecule is CS(=O)(=O)C1(c2ccccc2)S[C@@H]2CC(=O)N2[C@H]1C(=O)OCc1ccc([N+](=O)[O-])cc1. The highest BCUT2D eigenvalue weighted by molar-refractivity contribution is 8.14. The molecule has 1 unspecified atom stereocenters. The summed E-state index contributed by atoms with van der Waals surface area (Å²) >= 11 is 1.08. The molecule has 0 spiro atoms. The van der Waals surface area contributed by atoms with Crippen molar-refractivity contribution in [3.63, 3.8) is 0 Å². The molecule has 0 aromatic heterocycles. The van der Waals surface area contributed by atoms with Gasteiger partial charge in [0.2, 0.25) is 5.91 Å².